The van der Waals surface area contributed by atoms with Crippen molar-refractivity contribution in [3.63, 3.8) is 0 Å². The Bertz CT molecular complexity index is 1020. The molecule has 1 aliphatic rings. The van der Waals surface area contributed by atoms with Gasteiger partial charge in [0.1, 0.15) is 27.2 Å². The molecule has 1 amide bonds. The largest absolute Gasteiger partial charge is 0.368 e. The topological polar surface area (TPSA) is 83.9 Å². The Kier molecular flexibility index (Phi) is 5.23. The average Bonchev–Trinajstić information content (AvgIpc) is 3.18. The van der Waals surface area contributed by atoms with Gasteiger partial charge in [0.25, 0.3) is 5.91 Å². The summed E-state index contributed by atoms with van der Waals surface area (Å²) >= 11 is 1.28. The summed E-state index contributed by atoms with van der Waals surface area (Å²) in [6, 6.07) is 6.70. The maximum Gasteiger partial charge on any atom is 0.265 e. The highest BCUT2D eigenvalue weighted by Crippen LogP contribution is 2.43. The van der Waals surface area contributed by atoms with Gasteiger partial charge in [0, 0.05) is 32.3 Å². The molecule has 1 fully saturated rings. The van der Waals surface area contributed by atoms with Gasteiger partial charge in [0.05, 0.1) is 11.9 Å². The number of hydrogen-bond acceptors (Lipinski definition) is 7. The second-order valence-electron chi connectivity index (χ2n) is 7.35. The van der Waals surface area contributed by atoms with Gasteiger partial charge in [-0.15, -0.1) is 21.5 Å². The summed E-state index contributed by atoms with van der Waals surface area (Å²) in [6.07, 6.45) is 6.02. The first-order valence-corrected chi connectivity index (χ1v) is 10.2. The smallest absolute Gasteiger partial charge is 0.265 e. The Hall–Kier alpha value is -2.94. The molecule has 0 atom stereocenters. The van der Waals surface area contributed by atoms with E-state index in [-0.39, 0.29) is 17.1 Å². The fourth-order valence-electron chi connectivity index (χ4n) is 3.39. The molecule has 0 saturated heterocycles. The summed E-state index contributed by atoms with van der Waals surface area (Å²) in [5.74, 6) is 0.257. The normalized spacial score (nSPS) is 14.9. The van der Waals surface area contributed by atoms with Crippen LogP contribution in [0.15, 0.2) is 36.7 Å². The zero-order valence-electron chi connectivity index (χ0n) is 16.2. The maximum absolute atomic E-state index is 14.2. The van der Waals surface area contributed by atoms with Crippen LogP contribution in [0.5, 0.6) is 0 Å². The first kappa shape index (κ1) is 19.4. The number of nitrogens with zero attached hydrogens (tertiary/aromatic N) is 5. The lowest BCUT2D eigenvalue weighted by Crippen LogP contribution is -2.42. The van der Waals surface area contributed by atoms with Crippen LogP contribution < -0.4 is 5.32 Å². The van der Waals surface area contributed by atoms with Crippen molar-refractivity contribution in [2.45, 2.75) is 24.7 Å². The number of rotatable bonds is 6. The number of amides is 1. The molecular weight excluding hydrogens is 391 g/mol. The van der Waals surface area contributed by atoms with Crippen molar-refractivity contribution < 1.29 is 9.18 Å². The third kappa shape index (κ3) is 3.82. The molecule has 0 aliphatic heterocycles. The predicted octanol–water partition coefficient (Wildman–Crippen LogP) is 3.37. The van der Waals surface area contributed by atoms with Crippen molar-refractivity contribution in [2.75, 3.05) is 26.0 Å². The minimum atomic E-state index is -0.303. The molecule has 1 aliphatic carbocycles. The van der Waals surface area contributed by atoms with Gasteiger partial charge in [-0.1, -0.05) is 6.42 Å². The van der Waals surface area contributed by atoms with Crippen molar-refractivity contribution in [3.8, 4) is 10.7 Å². The fraction of sp³-hybridized carbons (Fsp3) is 0.350. The first-order valence-electron chi connectivity index (χ1n) is 9.35. The van der Waals surface area contributed by atoms with E-state index in [1.807, 2.05) is 12.1 Å². The number of aromatic nitrogens is 4. The molecule has 4 rings (SSSR count). The summed E-state index contributed by atoms with van der Waals surface area (Å²) in [5.41, 5.74) is 0.819. The molecule has 3 aromatic rings. The fourth-order valence-corrected chi connectivity index (χ4v) is 4.29. The highest BCUT2D eigenvalue weighted by atomic mass is 32.1. The van der Waals surface area contributed by atoms with Crippen molar-refractivity contribution >= 4 is 23.1 Å². The van der Waals surface area contributed by atoms with E-state index in [9.17, 15) is 9.18 Å². The number of anilines is 1. The van der Waals surface area contributed by atoms with Crippen molar-refractivity contribution in [1.82, 2.24) is 25.1 Å². The van der Waals surface area contributed by atoms with Crippen molar-refractivity contribution in [2.24, 2.45) is 0 Å². The van der Waals surface area contributed by atoms with Crippen LogP contribution in [-0.2, 0) is 5.41 Å². The maximum atomic E-state index is 14.2. The Morgan fingerprint density at radius 2 is 2.07 bits per heavy atom. The van der Waals surface area contributed by atoms with Gasteiger partial charge in [-0.25, -0.2) is 9.37 Å². The molecule has 0 aromatic carbocycles. The Morgan fingerprint density at radius 1 is 1.24 bits per heavy atom. The molecule has 7 nitrogen and oxygen atoms in total. The lowest BCUT2D eigenvalue weighted by atomic mass is 9.66. The van der Waals surface area contributed by atoms with Crippen LogP contribution in [0, 0.1) is 5.82 Å². The molecule has 0 spiro atoms. The highest BCUT2D eigenvalue weighted by molar-refractivity contribution is 7.16. The summed E-state index contributed by atoms with van der Waals surface area (Å²) < 4.78 is 14.2. The number of carbonyl (C=O) groups excluding carboxylic acids is 1. The van der Waals surface area contributed by atoms with Crippen molar-refractivity contribution in [3.05, 3.63) is 53.0 Å². The third-order valence-corrected chi connectivity index (χ3v) is 6.19. The van der Waals surface area contributed by atoms with Gasteiger partial charge in [-0.3, -0.25) is 9.78 Å². The molecule has 3 aromatic heterocycles. The van der Waals surface area contributed by atoms with E-state index in [0.29, 0.717) is 33.6 Å². The van der Waals surface area contributed by atoms with Crippen LogP contribution in [0.3, 0.4) is 0 Å². The Balaban J connectivity index is 1.45. The molecule has 0 radical (unpaired) electrons. The van der Waals surface area contributed by atoms with Crippen LogP contribution in [-0.4, -0.2) is 51.6 Å². The molecule has 150 valence electrons. The van der Waals surface area contributed by atoms with E-state index in [1.165, 1.54) is 22.3 Å². The molecule has 1 saturated carbocycles. The van der Waals surface area contributed by atoms with Crippen LogP contribution in [0.2, 0.25) is 0 Å². The van der Waals surface area contributed by atoms with E-state index in [1.54, 1.807) is 32.6 Å². The minimum Gasteiger partial charge on any atom is -0.368 e. The van der Waals surface area contributed by atoms with Crippen LogP contribution in [0.1, 0.15) is 34.6 Å². The summed E-state index contributed by atoms with van der Waals surface area (Å²) in [4.78, 5) is 22.6. The van der Waals surface area contributed by atoms with Crippen LogP contribution in [0.4, 0.5) is 10.2 Å². The zero-order valence-corrected chi connectivity index (χ0v) is 17.0. The first-order chi connectivity index (χ1) is 14.0. The lowest BCUT2D eigenvalue weighted by molar-refractivity contribution is 0.0832. The van der Waals surface area contributed by atoms with Crippen molar-refractivity contribution in [1.29, 1.82) is 0 Å². The summed E-state index contributed by atoms with van der Waals surface area (Å²) in [5, 5.41) is 12.4. The number of nitrogens with one attached hydrogen (secondary N) is 1. The third-order valence-electron chi connectivity index (χ3n) is 5.19. The SMILES string of the molecule is CN(C)C(=O)c1cnc(-c2ccc(NCC3(c4ncccc4F)CCC3)nn2)s1. The summed E-state index contributed by atoms with van der Waals surface area (Å²) in [6.45, 7) is 0.549. The molecular formula is C20H21FN6OS. The Morgan fingerprint density at radius 3 is 2.69 bits per heavy atom. The van der Waals surface area contributed by atoms with E-state index in [2.05, 4.69) is 25.5 Å². The van der Waals surface area contributed by atoms with E-state index < -0.39 is 0 Å². The van der Waals surface area contributed by atoms with Gasteiger partial charge in [-0.2, -0.15) is 0 Å². The van der Waals surface area contributed by atoms with E-state index in [4.69, 9.17) is 0 Å². The number of pyridine rings is 1. The zero-order chi connectivity index (χ0) is 20.4. The standard InChI is InChI=1S/C20H21FN6OS/c1-27(2)19(28)15-11-23-18(29-15)14-6-7-16(26-25-14)24-12-20(8-4-9-20)17-13(21)5-3-10-22-17/h3,5-7,10-11H,4,8-9,12H2,1-2H3,(H,24,26). The monoisotopic (exact) mass is 412 g/mol. The molecule has 9 heteroatoms. The van der Waals surface area contributed by atoms with E-state index in [0.717, 1.165) is 19.3 Å². The van der Waals surface area contributed by atoms with Crippen LogP contribution >= 0.6 is 11.3 Å². The van der Waals surface area contributed by atoms with Gasteiger partial charge >= 0.3 is 0 Å². The second kappa shape index (κ2) is 7.82. The number of thiazole rings is 1. The second-order valence-corrected chi connectivity index (χ2v) is 8.38. The van der Waals surface area contributed by atoms with E-state index >= 15 is 0 Å². The number of halogens is 1. The highest BCUT2D eigenvalue weighted by Gasteiger charge is 2.41. The van der Waals surface area contributed by atoms with Gasteiger partial charge in [0.15, 0.2) is 0 Å². The van der Waals surface area contributed by atoms with Gasteiger partial charge in [0.2, 0.25) is 0 Å². The number of hydrogen-bond donors (Lipinski definition) is 1. The van der Waals surface area contributed by atoms with Gasteiger partial charge in [-0.05, 0) is 37.1 Å². The molecule has 29 heavy (non-hydrogen) atoms. The summed E-state index contributed by atoms with van der Waals surface area (Å²) in [7, 11) is 3.40. The molecule has 0 bridgehead atoms. The number of carbonyl (C=O) groups is 1. The lowest BCUT2D eigenvalue weighted by Gasteiger charge is -2.41. The minimum absolute atomic E-state index is 0.0902. The predicted molar refractivity (Wildman–Crippen MR) is 109 cm³/mol. The van der Waals surface area contributed by atoms with Gasteiger partial charge < -0.3 is 10.2 Å². The molecule has 1 N–H and O–H groups in total. The molecule has 0 unspecified atom stereocenters. The quantitative estimate of drug-likeness (QED) is 0.668. The molecule has 3 heterocycles. The Labute approximate surface area is 172 Å². The van der Waals surface area contributed by atoms with Crippen LogP contribution in [0.25, 0.3) is 10.7 Å². The average molecular weight is 412 g/mol.